The van der Waals surface area contributed by atoms with Crippen LogP contribution >= 0.6 is 0 Å². The van der Waals surface area contributed by atoms with E-state index in [2.05, 4.69) is 4.98 Å². The molecule has 1 heterocycles. The van der Waals surface area contributed by atoms with Gasteiger partial charge < -0.3 is 10.1 Å². The van der Waals surface area contributed by atoms with E-state index in [0.717, 1.165) is 0 Å². The van der Waals surface area contributed by atoms with Gasteiger partial charge in [0.05, 0.1) is 15.4 Å². The van der Waals surface area contributed by atoms with Gasteiger partial charge in [0.15, 0.2) is 0 Å². The molecule has 114 valence electrons. The van der Waals surface area contributed by atoms with E-state index in [9.17, 15) is 34.9 Å². The predicted molar refractivity (Wildman–Crippen MR) is 75.3 cm³/mol. The van der Waals surface area contributed by atoms with E-state index in [1.165, 1.54) is 19.9 Å². The molecule has 10 nitrogen and oxygen atoms in total. The molecule has 0 bridgehead atoms. The lowest BCUT2D eigenvalue weighted by Gasteiger charge is -2.05. The number of aryl methyl sites for hydroxylation is 1. The first kappa shape index (κ1) is 15.1. The summed E-state index contributed by atoms with van der Waals surface area (Å²) in [6.45, 7) is 2.91. The van der Waals surface area contributed by atoms with Crippen molar-refractivity contribution in [1.29, 1.82) is 0 Å². The number of hydrogen-bond donors (Lipinski definition) is 2. The summed E-state index contributed by atoms with van der Waals surface area (Å²) in [5, 5.41) is 31.6. The molecule has 1 aromatic heterocycles. The molecule has 0 unspecified atom stereocenters. The fraction of sp³-hybridized carbons (Fsp3) is 0.167. The first-order valence-corrected chi connectivity index (χ1v) is 5.89. The van der Waals surface area contributed by atoms with Gasteiger partial charge >= 0.3 is 16.7 Å². The van der Waals surface area contributed by atoms with Gasteiger partial charge in [-0.15, -0.1) is 0 Å². The first-order chi connectivity index (χ1) is 10.2. The van der Waals surface area contributed by atoms with Crippen LogP contribution in [0.2, 0.25) is 0 Å². The van der Waals surface area contributed by atoms with Crippen molar-refractivity contribution in [3.63, 3.8) is 0 Å². The molecule has 10 heteroatoms. The number of rotatable bonds is 2. The molecule has 0 saturated carbocycles. The number of aromatic hydroxyl groups is 1. The summed E-state index contributed by atoms with van der Waals surface area (Å²) in [4.78, 5) is 45.5. The standard InChI is InChI=1S/C12H9N3O7/c1-4-3-6-7(8(5(4)2)14(19)20)10(16)9(15(21)22)11(17)12(18)13-6/h3,16H,1-2H3,(H,13,17,18). The van der Waals surface area contributed by atoms with E-state index in [-0.39, 0.29) is 11.1 Å². The van der Waals surface area contributed by atoms with E-state index in [0.29, 0.717) is 5.56 Å². The van der Waals surface area contributed by atoms with Crippen LogP contribution in [0.5, 0.6) is 5.75 Å². The van der Waals surface area contributed by atoms with Gasteiger partial charge in [0.25, 0.3) is 5.69 Å². The zero-order chi connectivity index (χ0) is 16.8. The Bertz CT molecular complexity index is 962. The number of aromatic amines is 1. The highest BCUT2D eigenvalue weighted by atomic mass is 16.6. The van der Waals surface area contributed by atoms with Crippen LogP contribution in [0.4, 0.5) is 11.4 Å². The number of fused-ring (bicyclic) bond motifs is 1. The van der Waals surface area contributed by atoms with Gasteiger partial charge in [-0.3, -0.25) is 29.8 Å². The van der Waals surface area contributed by atoms with Crippen LogP contribution in [-0.2, 0) is 0 Å². The number of aromatic nitrogens is 1. The number of nitro benzene ring substituents is 1. The molecule has 0 atom stereocenters. The normalized spacial score (nSPS) is 10.6. The molecular weight excluding hydrogens is 298 g/mol. The minimum absolute atomic E-state index is 0.154. The Kier molecular flexibility index (Phi) is 3.37. The molecule has 0 aliphatic heterocycles. The molecule has 0 aliphatic carbocycles. The van der Waals surface area contributed by atoms with Crippen molar-refractivity contribution in [2.24, 2.45) is 0 Å². The molecule has 0 radical (unpaired) electrons. The zero-order valence-corrected chi connectivity index (χ0v) is 11.4. The predicted octanol–water partition coefficient (Wildman–Crippen LogP) is 1.03. The smallest absolute Gasteiger partial charge is 0.364 e. The molecule has 1 aromatic carbocycles. The summed E-state index contributed by atoms with van der Waals surface area (Å²) < 4.78 is 0. The maximum Gasteiger partial charge on any atom is 0.364 e. The minimum atomic E-state index is -1.58. The number of hydrogen-bond acceptors (Lipinski definition) is 7. The third-order valence-electron chi connectivity index (χ3n) is 3.31. The first-order valence-electron chi connectivity index (χ1n) is 5.89. The van der Waals surface area contributed by atoms with Gasteiger partial charge in [0, 0.05) is 5.56 Å². The van der Waals surface area contributed by atoms with Crippen molar-refractivity contribution < 1.29 is 15.0 Å². The Morgan fingerprint density at radius 2 is 1.64 bits per heavy atom. The maximum absolute atomic E-state index is 11.7. The topological polar surface area (TPSA) is 156 Å². The largest absolute Gasteiger partial charge is 0.501 e. The number of benzene rings is 1. The number of nitrogens with zero attached hydrogens (tertiary/aromatic N) is 2. The van der Waals surface area contributed by atoms with Crippen molar-refractivity contribution >= 4 is 22.3 Å². The second-order valence-corrected chi connectivity index (χ2v) is 4.58. The van der Waals surface area contributed by atoms with E-state index < -0.39 is 43.3 Å². The molecule has 0 fully saturated rings. The van der Waals surface area contributed by atoms with Crippen LogP contribution < -0.4 is 11.0 Å². The van der Waals surface area contributed by atoms with E-state index >= 15 is 0 Å². The SMILES string of the molecule is Cc1cc2[nH]c(=O)c(=O)c([N+](=O)[O-])c(O)c2c([N+](=O)[O-])c1C. The van der Waals surface area contributed by atoms with E-state index in [4.69, 9.17) is 0 Å². The van der Waals surface area contributed by atoms with E-state index in [1.54, 1.807) is 0 Å². The Morgan fingerprint density at radius 1 is 1.09 bits per heavy atom. The highest BCUT2D eigenvalue weighted by molar-refractivity contribution is 5.97. The summed E-state index contributed by atoms with van der Waals surface area (Å²) in [5.41, 5.74) is -4.61. The number of nitro groups is 2. The fourth-order valence-electron chi connectivity index (χ4n) is 2.15. The lowest BCUT2D eigenvalue weighted by Crippen LogP contribution is -2.25. The summed E-state index contributed by atoms with van der Waals surface area (Å²) in [5.74, 6) is -1.21. The molecule has 22 heavy (non-hydrogen) atoms. The second kappa shape index (κ2) is 4.91. The Morgan fingerprint density at radius 3 is 2.14 bits per heavy atom. The number of nitrogens with one attached hydrogen (secondary N) is 1. The van der Waals surface area contributed by atoms with Crippen molar-refractivity contribution in [1.82, 2.24) is 4.98 Å². The highest BCUT2D eigenvalue weighted by Gasteiger charge is 2.29. The fourth-order valence-corrected chi connectivity index (χ4v) is 2.15. The lowest BCUT2D eigenvalue weighted by atomic mass is 10.0. The summed E-state index contributed by atoms with van der Waals surface area (Å²) in [6.07, 6.45) is 0. The quantitative estimate of drug-likeness (QED) is 0.476. The van der Waals surface area contributed by atoms with Gasteiger partial charge in [-0.1, -0.05) is 0 Å². The molecule has 0 aliphatic rings. The lowest BCUT2D eigenvalue weighted by molar-refractivity contribution is -0.387. The van der Waals surface area contributed by atoms with Crippen LogP contribution in [0.25, 0.3) is 10.9 Å². The van der Waals surface area contributed by atoms with Crippen molar-refractivity contribution in [2.45, 2.75) is 13.8 Å². The minimum Gasteiger partial charge on any atom is -0.501 e. The third-order valence-corrected chi connectivity index (χ3v) is 3.31. The second-order valence-electron chi connectivity index (χ2n) is 4.58. The molecule has 2 aromatic rings. The third kappa shape index (κ3) is 2.06. The molecular formula is C12H9N3O7. The molecule has 0 spiro atoms. The zero-order valence-electron chi connectivity index (χ0n) is 11.4. The van der Waals surface area contributed by atoms with Crippen LogP contribution in [0.3, 0.4) is 0 Å². The van der Waals surface area contributed by atoms with Gasteiger partial charge in [0.2, 0.25) is 5.75 Å². The van der Waals surface area contributed by atoms with Crippen LogP contribution in [0.15, 0.2) is 15.7 Å². The van der Waals surface area contributed by atoms with Crippen molar-refractivity contribution in [3.05, 3.63) is 58.0 Å². The van der Waals surface area contributed by atoms with Crippen molar-refractivity contribution in [3.8, 4) is 5.75 Å². The van der Waals surface area contributed by atoms with Gasteiger partial charge in [-0.05, 0) is 25.5 Å². The molecule has 0 saturated heterocycles. The molecule has 2 rings (SSSR count). The summed E-state index contributed by atoms with van der Waals surface area (Å²) in [7, 11) is 0. The van der Waals surface area contributed by atoms with Crippen molar-refractivity contribution in [2.75, 3.05) is 0 Å². The highest BCUT2D eigenvalue weighted by Crippen LogP contribution is 2.38. The number of H-pyrrole nitrogens is 1. The molecule has 0 amide bonds. The average molecular weight is 307 g/mol. The Balaban J connectivity index is 3.34. The van der Waals surface area contributed by atoms with Crippen LogP contribution in [-0.4, -0.2) is 19.9 Å². The van der Waals surface area contributed by atoms with Gasteiger partial charge in [0.1, 0.15) is 5.39 Å². The van der Waals surface area contributed by atoms with Crippen LogP contribution in [0, 0.1) is 34.1 Å². The maximum atomic E-state index is 11.7. The van der Waals surface area contributed by atoms with Crippen LogP contribution in [0.1, 0.15) is 11.1 Å². The van der Waals surface area contributed by atoms with Gasteiger partial charge in [-0.25, -0.2) is 0 Å². The monoisotopic (exact) mass is 307 g/mol. The van der Waals surface area contributed by atoms with E-state index in [1.807, 2.05) is 0 Å². The average Bonchev–Trinajstić information content (AvgIpc) is 2.48. The van der Waals surface area contributed by atoms with Gasteiger partial charge in [-0.2, -0.15) is 0 Å². The molecule has 2 N–H and O–H groups in total. The Hall–Kier alpha value is -3.30. The summed E-state index contributed by atoms with van der Waals surface area (Å²) >= 11 is 0. The Labute approximate surface area is 120 Å². The summed E-state index contributed by atoms with van der Waals surface area (Å²) in [6, 6.07) is 1.29.